The fourth-order valence-electron chi connectivity index (χ4n) is 3.88. The van der Waals surface area contributed by atoms with E-state index in [0.29, 0.717) is 6.61 Å². The summed E-state index contributed by atoms with van der Waals surface area (Å²) in [5.74, 6) is -1.37. The van der Waals surface area contributed by atoms with E-state index in [0.717, 1.165) is 19.3 Å². The molecule has 6 nitrogen and oxygen atoms in total. The van der Waals surface area contributed by atoms with Crippen LogP contribution in [-0.2, 0) is 19.1 Å². The number of ether oxygens (including phenoxy) is 2. The number of unbranched alkanes of at least 4 members (excludes halogenated alkanes) is 15. The lowest BCUT2D eigenvalue weighted by molar-refractivity contribution is -0.153. The minimum Gasteiger partial charge on any atom is -0.449 e. The average Bonchev–Trinajstić information content (AvgIpc) is 3.03. The van der Waals surface area contributed by atoms with Gasteiger partial charge < -0.3 is 19.7 Å². The predicted molar refractivity (Wildman–Crippen MR) is 117 cm³/mol. The van der Waals surface area contributed by atoms with E-state index in [1.54, 1.807) is 0 Å². The molecule has 0 aromatic carbocycles. The Morgan fingerprint density at radius 1 is 0.800 bits per heavy atom. The van der Waals surface area contributed by atoms with Crippen molar-refractivity contribution >= 4 is 11.8 Å². The third kappa shape index (κ3) is 11.4. The molecule has 0 aromatic rings. The van der Waals surface area contributed by atoms with Crippen LogP contribution in [0.15, 0.2) is 0 Å². The number of ketones is 1. The number of carbonyl (C=O) groups is 2. The van der Waals surface area contributed by atoms with Crippen molar-refractivity contribution in [2.45, 2.75) is 128 Å². The van der Waals surface area contributed by atoms with Crippen LogP contribution in [0.1, 0.15) is 110 Å². The minimum absolute atomic E-state index is 0.325. The highest BCUT2D eigenvalue weighted by molar-refractivity contribution is 6.09. The second-order valence-corrected chi connectivity index (χ2v) is 8.56. The third-order valence-electron chi connectivity index (χ3n) is 5.81. The van der Waals surface area contributed by atoms with E-state index in [1.165, 1.54) is 83.5 Å². The molecule has 1 saturated heterocycles. The quantitative estimate of drug-likeness (QED) is 0.169. The molecule has 0 radical (unpaired) electrons. The van der Waals surface area contributed by atoms with Gasteiger partial charge in [0.15, 0.2) is 6.10 Å². The number of carbonyl (C=O) groups excluding carboxylic acids is 2. The fraction of sp³-hybridized carbons (Fsp3) is 0.917. The Kier molecular flexibility index (Phi) is 15.9. The van der Waals surface area contributed by atoms with Gasteiger partial charge in [0.05, 0.1) is 6.61 Å². The van der Waals surface area contributed by atoms with Crippen molar-refractivity contribution in [3.8, 4) is 0 Å². The lowest BCUT2D eigenvalue weighted by Gasteiger charge is -2.12. The van der Waals surface area contributed by atoms with Crippen LogP contribution in [0.3, 0.4) is 0 Å². The van der Waals surface area contributed by atoms with E-state index >= 15 is 0 Å². The van der Waals surface area contributed by atoms with Crippen LogP contribution in [0, 0.1) is 0 Å². The van der Waals surface area contributed by atoms with Crippen LogP contribution in [0.5, 0.6) is 0 Å². The molecular weight excluding hydrogens is 384 g/mol. The summed E-state index contributed by atoms with van der Waals surface area (Å²) in [5.41, 5.74) is 0. The number of aliphatic hydroxyl groups is 2. The van der Waals surface area contributed by atoms with E-state index < -0.39 is 36.7 Å². The number of esters is 1. The fourth-order valence-corrected chi connectivity index (χ4v) is 3.88. The standard InChI is InChI=1S/C24H44O6/c1-2-3-4-5-6-7-8-9-10-11-12-13-14-15-16-17-18-29-23-21(27)22(20(26)19-25)30-24(23)28/h20,22-23,25-26H,2-19H2,1H3/t20-,22-,23?/m1/s1. The highest BCUT2D eigenvalue weighted by atomic mass is 16.6. The third-order valence-corrected chi connectivity index (χ3v) is 5.81. The summed E-state index contributed by atoms with van der Waals surface area (Å²) < 4.78 is 10.2. The van der Waals surface area contributed by atoms with Gasteiger partial charge in [-0.2, -0.15) is 0 Å². The smallest absolute Gasteiger partial charge is 0.344 e. The first-order valence-electron chi connectivity index (χ1n) is 12.3. The summed E-state index contributed by atoms with van der Waals surface area (Å²) in [4.78, 5) is 23.6. The molecule has 176 valence electrons. The second-order valence-electron chi connectivity index (χ2n) is 8.56. The predicted octanol–water partition coefficient (Wildman–Crippen LogP) is 4.48. The first-order chi connectivity index (χ1) is 14.6. The topological polar surface area (TPSA) is 93.1 Å². The Bertz CT molecular complexity index is 453. The van der Waals surface area contributed by atoms with Crippen LogP contribution < -0.4 is 0 Å². The lowest BCUT2D eigenvalue weighted by atomic mass is 10.0. The summed E-state index contributed by atoms with van der Waals surface area (Å²) in [5, 5.41) is 18.4. The number of rotatable bonds is 20. The molecule has 2 N–H and O–H groups in total. The van der Waals surface area contributed by atoms with E-state index in [1.807, 2.05) is 0 Å². The molecule has 0 saturated carbocycles. The van der Waals surface area contributed by atoms with Crippen molar-refractivity contribution < 1.29 is 29.3 Å². The number of hydrogen-bond donors (Lipinski definition) is 2. The summed E-state index contributed by atoms with van der Waals surface area (Å²) in [6, 6.07) is 0. The van der Waals surface area contributed by atoms with E-state index in [-0.39, 0.29) is 0 Å². The average molecular weight is 429 g/mol. The molecule has 30 heavy (non-hydrogen) atoms. The zero-order valence-electron chi connectivity index (χ0n) is 19.0. The molecular formula is C24H44O6. The monoisotopic (exact) mass is 428 g/mol. The highest BCUT2D eigenvalue weighted by Gasteiger charge is 2.47. The highest BCUT2D eigenvalue weighted by Crippen LogP contribution is 2.18. The van der Waals surface area contributed by atoms with E-state index in [9.17, 15) is 14.7 Å². The Morgan fingerprint density at radius 3 is 1.67 bits per heavy atom. The van der Waals surface area contributed by atoms with Gasteiger partial charge in [-0.25, -0.2) is 4.79 Å². The molecule has 3 atom stereocenters. The van der Waals surface area contributed by atoms with Gasteiger partial charge in [-0.1, -0.05) is 103 Å². The van der Waals surface area contributed by atoms with Crippen molar-refractivity contribution in [3.05, 3.63) is 0 Å². The zero-order chi connectivity index (χ0) is 22.0. The van der Waals surface area contributed by atoms with Gasteiger partial charge in [0, 0.05) is 6.61 Å². The lowest BCUT2D eigenvalue weighted by Crippen LogP contribution is -2.37. The molecule has 1 unspecified atom stereocenters. The van der Waals surface area contributed by atoms with Crippen molar-refractivity contribution in [3.63, 3.8) is 0 Å². The normalized spacial score (nSPS) is 20.0. The first kappa shape index (κ1) is 27.1. The number of aliphatic hydroxyl groups excluding tert-OH is 2. The summed E-state index contributed by atoms with van der Waals surface area (Å²) in [6.45, 7) is 1.96. The van der Waals surface area contributed by atoms with Gasteiger partial charge in [0.1, 0.15) is 6.10 Å². The molecule has 1 fully saturated rings. The number of cyclic esters (lactones) is 1. The molecule has 1 heterocycles. The molecule has 0 bridgehead atoms. The largest absolute Gasteiger partial charge is 0.449 e. The molecule has 1 aliphatic heterocycles. The molecule has 0 aromatic heterocycles. The molecule has 1 aliphatic rings. The van der Waals surface area contributed by atoms with Gasteiger partial charge in [-0.3, -0.25) is 4.79 Å². The second kappa shape index (κ2) is 17.7. The van der Waals surface area contributed by atoms with Gasteiger partial charge >= 0.3 is 5.97 Å². The van der Waals surface area contributed by atoms with Crippen LogP contribution in [0.2, 0.25) is 0 Å². The Balaban J connectivity index is 1.86. The van der Waals surface area contributed by atoms with Gasteiger partial charge in [-0.15, -0.1) is 0 Å². The van der Waals surface area contributed by atoms with Crippen molar-refractivity contribution in [2.24, 2.45) is 0 Å². The van der Waals surface area contributed by atoms with Crippen molar-refractivity contribution in [1.29, 1.82) is 0 Å². The molecule has 1 rings (SSSR count). The molecule has 0 amide bonds. The van der Waals surface area contributed by atoms with Gasteiger partial charge in [0.2, 0.25) is 11.9 Å². The maximum Gasteiger partial charge on any atom is 0.344 e. The SMILES string of the molecule is CCCCCCCCCCCCCCCCCCOC1C(=O)O[C@H]([C@H](O)CO)C1=O. The maximum absolute atomic E-state index is 12.0. The van der Waals surface area contributed by atoms with Crippen molar-refractivity contribution in [2.75, 3.05) is 13.2 Å². The molecule has 6 heteroatoms. The minimum atomic E-state index is -1.38. The Labute approximate surface area is 182 Å². The Hall–Kier alpha value is -0.980. The Morgan fingerprint density at radius 2 is 1.23 bits per heavy atom. The van der Waals surface area contributed by atoms with E-state index in [2.05, 4.69) is 6.92 Å². The summed E-state index contributed by atoms with van der Waals surface area (Å²) >= 11 is 0. The molecule has 0 aliphatic carbocycles. The van der Waals surface area contributed by atoms with Crippen LogP contribution in [0.25, 0.3) is 0 Å². The van der Waals surface area contributed by atoms with Crippen LogP contribution >= 0.6 is 0 Å². The zero-order valence-corrected chi connectivity index (χ0v) is 19.0. The first-order valence-corrected chi connectivity index (χ1v) is 12.3. The summed E-state index contributed by atoms with van der Waals surface area (Å²) in [7, 11) is 0. The number of hydrogen-bond acceptors (Lipinski definition) is 6. The van der Waals surface area contributed by atoms with Gasteiger partial charge in [-0.05, 0) is 6.42 Å². The van der Waals surface area contributed by atoms with Crippen molar-refractivity contribution in [1.82, 2.24) is 0 Å². The van der Waals surface area contributed by atoms with Gasteiger partial charge in [0.25, 0.3) is 0 Å². The molecule has 0 spiro atoms. The maximum atomic E-state index is 12.0. The number of Topliss-reactive ketones (excluding diaryl/α,β-unsaturated/α-hetero) is 1. The van der Waals surface area contributed by atoms with E-state index in [4.69, 9.17) is 14.6 Å². The van der Waals surface area contributed by atoms with Crippen LogP contribution in [-0.4, -0.2) is 53.5 Å². The summed E-state index contributed by atoms with van der Waals surface area (Å²) in [6.07, 6.45) is 16.6. The van der Waals surface area contributed by atoms with Crippen LogP contribution in [0.4, 0.5) is 0 Å².